The number of carbonyl (C=O) groups is 4. The molecule has 2 saturated heterocycles. The van der Waals surface area contributed by atoms with Gasteiger partial charge < -0.3 is 38.6 Å². The van der Waals surface area contributed by atoms with E-state index in [0.717, 1.165) is 11.1 Å². The maximum atomic E-state index is 14.0. The Kier molecular flexibility index (Phi) is 12.6. The van der Waals surface area contributed by atoms with Gasteiger partial charge in [0.25, 0.3) is 0 Å². The van der Waals surface area contributed by atoms with Gasteiger partial charge in [-0.2, -0.15) is 12.6 Å². The Morgan fingerprint density at radius 1 is 1.28 bits per heavy atom. The molecular formula is C35H48ClN3O10S. The number of allylic oxidation sites excluding steroid dienone is 3. The van der Waals surface area contributed by atoms with Crippen LogP contribution in [-0.4, -0.2) is 110 Å². The monoisotopic (exact) mass is 737 g/mol. The number of alkyl carbamates (subject to hydrolysis) is 1. The Bertz CT molecular complexity index is 1540. The standard InChI is InChI=1S/C35H48ClN3O10S/c1-19-10-9-11-26(46-8)35(44)18-25(47-33(43)37-35)20(2)31-34(4,49-31)27(48-32(42)21(3)38(5)28(40)12-13-50)17-29(41)39(6)23-15-22(14-19)16-24(45-7)30(23)36/h9-11,15-16,20-21,25-27,31,44,50H,12-14,17-18H2,1-8H3,(H,37,43)/b11-9+,19-10+/t20?,21-,25?,26?,27?,31?,34?,35?/m1/s1. The van der Waals surface area contributed by atoms with E-state index in [1.165, 1.54) is 38.0 Å². The predicted molar refractivity (Wildman–Crippen MR) is 189 cm³/mol. The number of benzene rings is 1. The Labute approximate surface area is 303 Å². The molecule has 2 N–H and O–H groups in total. The first kappa shape index (κ1) is 39.5. The first-order chi connectivity index (χ1) is 23.5. The summed E-state index contributed by atoms with van der Waals surface area (Å²) in [4.78, 5) is 55.6. The predicted octanol–water partition coefficient (Wildman–Crippen LogP) is 3.83. The molecule has 0 saturated carbocycles. The second-order valence-corrected chi connectivity index (χ2v) is 14.2. The molecule has 3 amide bonds. The van der Waals surface area contributed by atoms with Crippen LogP contribution in [0.1, 0.15) is 52.5 Å². The van der Waals surface area contributed by atoms with E-state index in [4.69, 9.17) is 35.3 Å². The summed E-state index contributed by atoms with van der Waals surface area (Å²) in [5.41, 5.74) is -0.903. The number of hydrogen-bond acceptors (Lipinski definition) is 11. The number of anilines is 1. The average molecular weight is 738 g/mol. The van der Waals surface area contributed by atoms with Crippen molar-refractivity contribution < 1.29 is 48.0 Å². The lowest BCUT2D eigenvalue weighted by Gasteiger charge is -2.42. The maximum absolute atomic E-state index is 14.0. The molecule has 4 bridgehead atoms. The zero-order valence-corrected chi connectivity index (χ0v) is 31.4. The molecule has 3 aliphatic heterocycles. The number of nitrogens with zero attached hydrogens (tertiary/aromatic N) is 2. The van der Waals surface area contributed by atoms with E-state index in [0.29, 0.717) is 23.6 Å². The van der Waals surface area contributed by atoms with Gasteiger partial charge in [-0.05, 0) is 50.6 Å². The Morgan fingerprint density at radius 2 is 1.98 bits per heavy atom. The van der Waals surface area contributed by atoms with Gasteiger partial charge >= 0.3 is 12.1 Å². The fourth-order valence-electron chi connectivity index (χ4n) is 6.49. The van der Waals surface area contributed by atoms with E-state index in [1.54, 1.807) is 45.2 Å². The molecule has 0 spiro atoms. The molecular weight excluding hydrogens is 690 g/mol. The number of aliphatic hydroxyl groups is 1. The van der Waals surface area contributed by atoms with Crippen LogP contribution in [0.2, 0.25) is 5.02 Å². The fraction of sp³-hybridized carbons (Fsp3) is 0.600. The van der Waals surface area contributed by atoms with Crippen LogP contribution < -0.4 is 15.0 Å². The molecule has 4 rings (SSSR count). The van der Waals surface area contributed by atoms with Gasteiger partial charge in [0.05, 0.1) is 25.3 Å². The minimum atomic E-state index is -1.82. The van der Waals surface area contributed by atoms with Crippen molar-refractivity contribution in [1.82, 2.24) is 10.2 Å². The second kappa shape index (κ2) is 15.9. The van der Waals surface area contributed by atoms with Crippen molar-refractivity contribution in [3.8, 4) is 5.75 Å². The smallest absolute Gasteiger partial charge is 0.409 e. The summed E-state index contributed by atoms with van der Waals surface area (Å²) >= 11 is 10.8. The molecule has 8 atom stereocenters. The van der Waals surface area contributed by atoms with Crippen LogP contribution in [0.5, 0.6) is 5.75 Å². The number of likely N-dealkylation sites (N-methyl/N-ethyl adjacent to an activating group) is 1. The normalized spacial score (nSPS) is 32.3. The number of hydrogen-bond donors (Lipinski definition) is 3. The van der Waals surface area contributed by atoms with Gasteiger partial charge in [0, 0.05) is 40.0 Å². The van der Waals surface area contributed by atoms with Crippen molar-refractivity contribution in [3.05, 3.63) is 46.5 Å². The highest BCUT2D eigenvalue weighted by molar-refractivity contribution is 7.80. The number of carbonyl (C=O) groups excluding carboxylic acids is 4. The summed E-state index contributed by atoms with van der Waals surface area (Å²) in [6.07, 6.45) is 1.08. The second-order valence-electron chi connectivity index (χ2n) is 13.4. The summed E-state index contributed by atoms with van der Waals surface area (Å²) in [7, 11) is 5.98. The van der Waals surface area contributed by atoms with Gasteiger partial charge in [0.2, 0.25) is 11.8 Å². The molecule has 3 aliphatic rings. The van der Waals surface area contributed by atoms with E-state index in [-0.39, 0.29) is 30.2 Å². The molecule has 0 radical (unpaired) electrons. The van der Waals surface area contributed by atoms with E-state index >= 15 is 0 Å². The van der Waals surface area contributed by atoms with Gasteiger partial charge in [0.15, 0.2) is 5.72 Å². The number of thiol groups is 1. The zero-order valence-electron chi connectivity index (χ0n) is 29.7. The summed E-state index contributed by atoms with van der Waals surface area (Å²) in [6, 6.07) is 2.60. The zero-order chi connectivity index (χ0) is 37.1. The molecule has 0 aromatic heterocycles. The van der Waals surface area contributed by atoms with E-state index in [1.807, 2.05) is 13.0 Å². The minimum Gasteiger partial charge on any atom is -0.495 e. The summed E-state index contributed by atoms with van der Waals surface area (Å²) in [5, 5.41) is 14.4. The first-order valence-corrected chi connectivity index (χ1v) is 17.5. The van der Waals surface area contributed by atoms with Crippen molar-refractivity contribution in [2.24, 2.45) is 5.92 Å². The molecule has 0 aliphatic carbocycles. The van der Waals surface area contributed by atoms with Crippen LogP contribution in [0, 0.1) is 5.92 Å². The molecule has 13 nitrogen and oxygen atoms in total. The topological polar surface area (TPSA) is 156 Å². The summed E-state index contributed by atoms with van der Waals surface area (Å²) < 4.78 is 29.0. The number of esters is 1. The van der Waals surface area contributed by atoms with Crippen molar-refractivity contribution in [2.75, 3.05) is 39.0 Å². The molecule has 15 heteroatoms. The molecule has 1 aromatic rings. The first-order valence-electron chi connectivity index (χ1n) is 16.4. The highest BCUT2D eigenvalue weighted by Gasteiger charge is 2.64. The Balaban J connectivity index is 1.78. The molecule has 276 valence electrons. The van der Waals surface area contributed by atoms with Crippen LogP contribution in [0.25, 0.3) is 0 Å². The highest BCUT2D eigenvalue weighted by Crippen LogP contribution is 2.49. The number of amides is 3. The Morgan fingerprint density at radius 3 is 2.62 bits per heavy atom. The average Bonchev–Trinajstić information content (AvgIpc) is 3.76. The number of methoxy groups -OCH3 is 2. The number of fused-ring (bicyclic) bond motifs is 5. The largest absolute Gasteiger partial charge is 0.495 e. The number of ether oxygens (including phenoxy) is 5. The number of halogens is 1. The van der Waals surface area contributed by atoms with Crippen molar-refractivity contribution in [1.29, 1.82) is 0 Å². The van der Waals surface area contributed by atoms with E-state index < -0.39 is 65.7 Å². The van der Waals surface area contributed by atoms with Gasteiger partial charge in [-0.1, -0.05) is 42.3 Å². The third kappa shape index (κ3) is 8.42. The van der Waals surface area contributed by atoms with Crippen LogP contribution in [-0.2, 0) is 39.8 Å². The van der Waals surface area contributed by atoms with Crippen LogP contribution in [0.3, 0.4) is 0 Å². The highest BCUT2D eigenvalue weighted by atomic mass is 35.5. The van der Waals surface area contributed by atoms with Crippen molar-refractivity contribution >= 4 is 53.8 Å². The van der Waals surface area contributed by atoms with Gasteiger partial charge in [0.1, 0.15) is 40.7 Å². The van der Waals surface area contributed by atoms with Crippen LogP contribution in [0.4, 0.5) is 10.5 Å². The van der Waals surface area contributed by atoms with Crippen LogP contribution >= 0.6 is 24.2 Å². The molecule has 2 fully saturated rings. The van der Waals surface area contributed by atoms with Gasteiger partial charge in [-0.15, -0.1) is 0 Å². The maximum Gasteiger partial charge on any atom is 0.409 e. The molecule has 7 unspecified atom stereocenters. The lowest BCUT2D eigenvalue weighted by Crippen LogP contribution is -2.63. The van der Waals surface area contributed by atoms with Gasteiger partial charge in [-0.25, -0.2) is 9.59 Å². The summed E-state index contributed by atoms with van der Waals surface area (Å²) in [6.45, 7) is 6.96. The molecule has 1 aromatic carbocycles. The Hall–Kier alpha value is -3.30. The van der Waals surface area contributed by atoms with Crippen molar-refractivity contribution in [2.45, 2.75) is 95.2 Å². The van der Waals surface area contributed by atoms with Crippen molar-refractivity contribution in [3.63, 3.8) is 0 Å². The molecule has 50 heavy (non-hydrogen) atoms. The lowest BCUT2D eigenvalue weighted by atomic mass is 9.83. The van der Waals surface area contributed by atoms with E-state index in [9.17, 15) is 24.3 Å². The lowest BCUT2D eigenvalue weighted by molar-refractivity contribution is -0.161. The third-order valence-electron chi connectivity index (χ3n) is 9.85. The number of nitrogens with one attached hydrogen (secondary N) is 1. The quantitative estimate of drug-likeness (QED) is 0.214. The van der Waals surface area contributed by atoms with Gasteiger partial charge in [-0.3, -0.25) is 14.9 Å². The SMILES string of the molecule is COc1cc2cc(c1Cl)N(C)C(=O)CC(OC(=O)[C@@H](C)N(C)C(=O)CCS)C1(C)OC1C(C)C1CC(O)(NC(=O)O1)C(OC)/C=C/C=C(\C)C2. The van der Waals surface area contributed by atoms with Crippen LogP contribution in [0.15, 0.2) is 35.9 Å². The molecule has 3 heterocycles. The summed E-state index contributed by atoms with van der Waals surface area (Å²) in [5.74, 6) is -1.30. The van der Waals surface area contributed by atoms with E-state index in [2.05, 4.69) is 17.9 Å². The fourth-order valence-corrected chi connectivity index (χ4v) is 6.99. The minimum absolute atomic E-state index is 0.0489. The third-order valence-corrected chi connectivity index (χ3v) is 10.5. The number of epoxide rings is 1. The number of rotatable bonds is 7.